The van der Waals surface area contributed by atoms with Crippen molar-refractivity contribution in [2.24, 2.45) is 17.8 Å². The monoisotopic (exact) mass is 388 g/mol. The molecule has 1 saturated heterocycles. The highest BCUT2D eigenvalue weighted by molar-refractivity contribution is 8.03. The molecule has 5 atom stereocenters. The SMILES string of the molecule is COc1ccc(NC(=O)C2CCC3C(C2)NC(=O)C2C=CSC23)c(OC)c1. The van der Waals surface area contributed by atoms with E-state index in [1.54, 1.807) is 44.2 Å². The van der Waals surface area contributed by atoms with E-state index in [9.17, 15) is 9.59 Å². The molecule has 5 unspecified atom stereocenters. The highest BCUT2D eigenvalue weighted by Gasteiger charge is 2.47. The third kappa shape index (κ3) is 3.40. The molecule has 2 heterocycles. The van der Waals surface area contributed by atoms with Crippen molar-refractivity contribution in [1.29, 1.82) is 0 Å². The first-order valence-corrected chi connectivity index (χ1v) is 10.2. The summed E-state index contributed by atoms with van der Waals surface area (Å²) in [6, 6.07) is 5.40. The van der Waals surface area contributed by atoms with E-state index in [1.165, 1.54) is 0 Å². The lowest BCUT2D eigenvalue weighted by atomic mass is 9.71. The van der Waals surface area contributed by atoms with Crippen LogP contribution in [0.1, 0.15) is 19.3 Å². The second-order valence-corrected chi connectivity index (χ2v) is 8.39. The third-order valence-corrected chi connectivity index (χ3v) is 7.14. The molecule has 1 aromatic carbocycles. The lowest BCUT2D eigenvalue weighted by Gasteiger charge is -2.44. The van der Waals surface area contributed by atoms with Crippen molar-refractivity contribution in [2.45, 2.75) is 30.6 Å². The molecule has 4 rings (SSSR count). The summed E-state index contributed by atoms with van der Waals surface area (Å²) in [5.41, 5.74) is 0.633. The molecule has 0 aromatic heterocycles. The van der Waals surface area contributed by atoms with Gasteiger partial charge in [0.2, 0.25) is 11.8 Å². The number of anilines is 1. The highest BCUT2D eigenvalue weighted by Crippen LogP contribution is 2.45. The number of hydrogen-bond acceptors (Lipinski definition) is 5. The van der Waals surface area contributed by atoms with E-state index in [2.05, 4.69) is 10.6 Å². The minimum Gasteiger partial charge on any atom is -0.497 e. The first-order chi connectivity index (χ1) is 13.1. The minimum atomic E-state index is -0.116. The normalized spacial score (nSPS) is 31.5. The van der Waals surface area contributed by atoms with Crippen LogP contribution in [0.5, 0.6) is 11.5 Å². The average molecular weight is 388 g/mol. The summed E-state index contributed by atoms with van der Waals surface area (Å²) in [5.74, 6) is 1.63. The fourth-order valence-electron chi connectivity index (χ4n) is 4.43. The van der Waals surface area contributed by atoms with Gasteiger partial charge < -0.3 is 20.1 Å². The molecule has 144 valence electrons. The van der Waals surface area contributed by atoms with Crippen molar-refractivity contribution >= 4 is 29.3 Å². The average Bonchev–Trinajstić information content (AvgIpc) is 3.18. The number of piperidine rings is 1. The van der Waals surface area contributed by atoms with Gasteiger partial charge in [-0.2, -0.15) is 0 Å². The summed E-state index contributed by atoms with van der Waals surface area (Å²) >= 11 is 1.77. The third-order valence-electron chi connectivity index (χ3n) is 5.87. The Morgan fingerprint density at radius 1 is 1.26 bits per heavy atom. The lowest BCUT2D eigenvalue weighted by Crippen LogP contribution is -2.57. The molecular weight excluding hydrogens is 364 g/mol. The van der Waals surface area contributed by atoms with E-state index in [1.807, 2.05) is 11.5 Å². The van der Waals surface area contributed by atoms with Crippen LogP contribution in [-0.2, 0) is 9.59 Å². The molecule has 0 radical (unpaired) electrons. The van der Waals surface area contributed by atoms with E-state index in [4.69, 9.17) is 9.47 Å². The lowest BCUT2D eigenvalue weighted by molar-refractivity contribution is -0.130. The zero-order chi connectivity index (χ0) is 19.0. The maximum atomic E-state index is 12.8. The summed E-state index contributed by atoms with van der Waals surface area (Å²) in [4.78, 5) is 25.2. The molecule has 2 N–H and O–H groups in total. The summed E-state index contributed by atoms with van der Waals surface area (Å²) in [6.45, 7) is 0. The maximum Gasteiger partial charge on any atom is 0.228 e. The fourth-order valence-corrected chi connectivity index (χ4v) is 5.78. The molecule has 0 bridgehead atoms. The molecule has 6 nitrogen and oxygen atoms in total. The van der Waals surface area contributed by atoms with Crippen molar-refractivity contribution in [3.63, 3.8) is 0 Å². The predicted octanol–water partition coefficient (Wildman–Crippen LogP) is 2.80. The molecule has 0 spiro atoms. The van der Waals surface area contributed by atoms with Crippen LogP contribution in [0, 0.1) is 17.8 Å². The molecule has 2 amide bonds. The maximum absolute atomic E-state index is 12.8. The molecule has 27 heavy (non-hydrogen) atoms. The second-order valence-electron chi connectivity index (χ2n) is 7.30. The molecule has 1 aliphatic carbocycles. The smallest absolute Gasteiger partial charge is 0.228 e. The van der Waals surface area contributed by atoms with Crippen LogP contribution in [-0.4, -0.2) is 37.3 Å². The molecule has 3 aliphatic rings. The topological polar surface area (TPSA) is 76.7 Å². The number of amides is 2. The predicted molar refractivity (Wildman–Crippen MR) is 105 cm³/mol. The van der Waals surface area contributed by atoms with Crippen molar-refractivity contribution in [1.82, 2.24) is 5.32 Å². The van der Waals surface area contributed by atoms with Crippen LogP contribution in [0.3, 0.4) is 0 Å². The van der Waals surface area contributed by atoms with Crippen LogP contribution < -0.4 is 20.1 Å². The highest BCUT2D eigenvalue weighted by atomic mass is 32.2. The van der Waals surface area contributed by atoms with Crippen molar-refractivity contribution in [3.05, 3.63) is 29.7 Å². The Kier molecular flexibility index (Phi) is 5.04. The second kappa shape index (κ2) is 7.46. The Hall–Kier alpha value is -2.15. The standard InChI is InChI=1S/C20H24N2O4S/c1-25-12-4-6-15(17(10-12)26-2)21-19(23)11-3-5-13-16(9-11)22-20(24)14-7-8-27-18(13)14/h4,6-8,10-11,13-14,16,18H,3,5,9H2,1-2H3,(H,21,23)(H,22,24). The van der Waals surface area contributed by atoms with E-state index in [0.717, 1.165) is 12.8 Å². The van der Waals surface area contributed by atoms with Crippen LogP contribution in [0.25, 0.3) is 0 Å². The number of thioether (sulfide) groups is 1. The van der Waals surface area contributed by atoms with E-state index < -0.39 is 0 Å². The van der Waals surface area contributed by atoms with Gasteiger partial charge in [-0.1, -0.05) is 6.08 Å². The Morgan fingerprint density at radius 2 is 2.11 bits per heavy atom. The first-order valence-electron chi connectivity index (χ1n) is 9.26. The van der Waals surface area contributed by atoms with Crippen LogP contribution in [0.15, 0.2) is 29.7 Å². The Morgan fingerprint density at radius 3 is 2.89 bits per heavy atom. The zero-order valence-electron chi connectivity index (χ0n) is 15.4. The quantitative estimate of drug-likeness (QED) is 0.829. The number of carbonyl (C=O) groups excluding carboxylic acids is 2. The Balaban J connectivity index is 1.43. The summed E-state index contributed by atoms with van der Waals surface area (Å²) < 4.78 is 10.6. The summed E-state index contributed by atoms with van der Waals surface area (Å²) in [7, 11) is 3.16. The number of methoxy groups -OCH3 is 2. The fraction of sp³-hybridized carbons (Fsp3) is 0.500. The van der Waals surface area contributed by atoms with Crippen molar-refractivity contribution in [2.75, 3.05) is 19.5 Å². The largest absolute Gasteiger partial charge is 0.497 e. The van der Waals surface area contributed by atoms with Gasteiger partial charge in [0.05, 0.1) is 25.8 Å². The number of hydrogen-bond donors (Lipinski definition) is 2. The zero-order valence-corrected chi connectivity index (χ0v) is 16.3. The molecule has 1 aromatic rings. The number of nitrogens with one attached hydrogen (secondary N) is 2. The van der Waals surface area contributed by atoms with Crippen molar-refractivity contribution in [3.8, 4) is 11.5 Å². The first kappa shape index (κ1) is 18.2. The van der Waals surface area contributed by atoms with Crippen molar-refractivity contribution < 1.29 is 19.1 Å². The number of rotatable bonds is 4. The van der Waals surface area contributed by atoms with Gasteiger partial charge in [-0.3, -0.25) is 9.59 Å². The van der Waals surface area contributed by atoms with Gasteiger partial charge >= 0.3 is 0 Å². The Bertz CT molecular complexity index is 781. The molecular formula is C20H24N2O4S. The van der Waals surface area contributed by atoms with Gasteiger partial charge in [0.15, 0.2) is 0 Å². The van der Waals surface area contributed by atoms with Crippen LogP contribution in [0.2, 0.25) is 0 Å². The molecule has 2 aliphatic heterocycles. The number of benzene rings is 1. The molecule has 7 heteroatoms. The van der Waals surface area contributed by atoms with E-state index in [0.29, 0.717) is 34.8 Å². The van der Waals surface area contributed by atoms with Gasteiger partial charge in [0.25, 0.3) is 0 Å². The molecule has 1 saturated carbocycles. The van der Waals surface area contributed by atoms with Crippen LogP contribution >= 0.6 is 11.8 Å². The number of ether oxygens (including phenoxy) is 2. The summed E-state index contributed by atoms with van der Waals surface area (Å²) in [6.07, 6.45) is 4.49. The van der Waals surface area contributed by atoms with E-state index in [-0.39, 0.29) is 29.7 Å². The minimum absolute atomic E-state index is 0.00909. The van der Waals surface area contributed by atoms with Gasteiger partial charge in [-0.25, -0.2) is 0 Å². The van der Waals surface area contributed by atoms with E-state index >= 15 is 0 Å². The Labute approximate surface area is 163 Å². The van der Waals surface area contributed by atoms with Gasteiger partial charge in [0.1, 0.15) is 11.5 Å². The molecule has 2 fully saturated rings. The van der Waals surface area contributed by atoms with Crippen LogP contribution in [0.4, 0.5) is 5.69 Å². The number of fused-ring (bicyclic) bond motifs is 3. The summed E-state index contributed by atoms with van der Waals surface area (Å²) in [5, 5.41) is 8.51. The number of carbonyl (C=O) groups is 2. The van der Waals surface area contributed by atoms with Gasteiger partial charge in [-0.05, 0) is 42.7 Å². The van der Waals surface area contributed by atoms with Gasteiger partial charge in [-0.15, -0.1) is 11.8 Å². The van der Waals surface area contributed by atoms with Gasteiger partial charge in [0, 0.05) is 23.3 Å².